The number of carbonyl (C=O) groups is 1. The van der Waals surface area contributed by atoms with E-state index in [2.05, 4.69) is 10.1 Å². The second-order valence-electron chi connectivity index (χ2n) is 8.78. The van der Waals surface area contributed by atoms with Gasteiger partial charge in [-0.05, 0) is 43.0 Å². The maximum atomic E-state index is 15.4. The quantitative estimate of drug-likeness (QED) is 0.552. The van der Waals surface area contributed by atoms with Crippen molar-refractivity contribution in [2.24, 2.45) is 5.92 Å². The number of ether oxygens (including phenoxy) is 1. The first kappa shape index (κ1) is 24.9. The third-order valence-corrected chi connectivity index (χ3v) is 6.75. The van der Waals surface area contributed by atoms with Gasteiger partial charge in [-0.3, -0.25) is 9.36 Å². The summed E-state index contributed by atoms with van der Waals surface area (Å²) in [6.45, 7) is 7.66. The van der Waals surface area contributed by atoms with E-state index >= 15 is 4.39 Å². The number of aliphatic hydroxyl groups is 1. The van der Waals surface area contributed by atoms with E-state index in [1.54, 1.807) is 20.0 Å². The molecular formula is C24H27ClFN5O4. The monoisotopic (exact) mass is 503 g/mol. The highest BCUT2D eigenvalue weighted by Crippen LogP contribution is 2.42. The normalized spacial score (nSPS) is 15.6. The number of benzene rings is 1. The minimum Gasteiger partial charge on any atom is -0.480 e. The Morgan fingerprint density at radius 2 is 2.03 bits per heavy atom. The molecule has 1 aliphatic heterocycles. The molecule has 186 valence electrons. The van der Waals surface area contributed by atoms with E-state index in [0.717, 1.165) is 10.7 Å². The zero-order valence-corrected chi connectivity index (χ0v) is 20.9. The van der Waals surface area contributed by atoms with E-state index in [1.165, 1.54) is 22.6 Å². The molecule has 1 aliphatic rings. The Balaban J connectivity index is 1.90. The Morgan fingerprint density at radius 3 is 2.60 bits per heavy atom. The van der Waals surface area contributed by atoms with E-state index in [1.807, 2.05) is 13.8 Å². The number of hydrogen-bond acceptors (Lipinski definition) is 6. The van der Waals surface area contributed by atoms with Gasteiger partial charge in [-0.25, -0.2) is 14.2 Å². The van der Waals surface area contributed by atoms with Gasteiger partial charge in [0.25, 0.3) is 5.91 Å². The lowest BCUT2D eigenvalue weighted by Gasteiger charge is -2.37. The van der Waals surface area contributed by atoms with Crippen LogP contribution in [-0.2, 0) is 13.2 Å². The van der Waals surface area contributed by atoms with Crippen molar-refractivity contribution in [1.29, 1.82) is 0 Å². The van der Waals surface area contributed by atoms with Crippen LogP contribution in [0.2, 0.25) is 5.02 Å². The summed E-state index contributed by atoms with van der Waals surface area (Å²) < 4.78 is 22.8. The highest BCUT2D eigenvalue weighted by atomic mass is 35.5. The smallest absolute Gasteiger partial charge is 0.350 e. The van der Waals surface area contributed by atoms with Gasteiger partial charge in [0.2, 0.25) is 5.88 Å². The summed E-state index contributed by atoms with van der Waals surface area (Å²) in [6, 6.07) is 2.66. The van der Waals surface area contributed by atoms with Gasteiger partial charge in [-0.15, -0.1) is 5.10 Å². The number of hydrogen-bond donors (Lipinski definition) is 1. The van der Waals surface area contributed by atoms with E-state index in [4.69, 9.17) is 16.3 Å². The van der Waals surface area contributed by atoms with Gasteiger partial charge in [-0.1, -0.05) is 25.4 Å². The Bertz CT molecular complexity index is 1370. The lowest BCUT2D eigenvalue weighted by molar-refractivity contribution is 0.0973. The third kappa shape index (κ3) is 4.00. The molecule has 0 radical (unpaired) electrons. The number of carbonyl (C=O) groups excluding carboxylic acids is 1. The Hall–Kier alpha value is -3.24. The molecule has 0 unspecified atom stereocenters. The molecule has 2 aromatic heterocycles. The van der Waals surface area contributed by atoms with Crippen LogP contribution in [-0.4, -0.2) is 44.0 Å². The Kier molecular flexibility index (Phi) is 6.70. The zero-order valence-electron chi connectivity index (χ0n) is 20.2. The average molecular weight is 504 g/mol. The largest absolute Gasteiger partial charge is 0.480 e. The summed E-state index contributed by atoms with van der Waals surface area (Å²) in [5, 5.41) is 13.9. The maximum absolute atomic E-state index is 15.4. The highest BCUT2D eigenvalue weighted by molar-refractivity contribution is 6.35. The van der Waals surface area contributed by atoms with Crippen molar-refractivity contribution in [2.75, 3.05) is 18.6 Å². The molecular weight excluding hydrogens is 477 g/mol. The van der Waals surface area contributed by atoms with E-state index in [9.17, 15) is 14.7 Å². The van der Waals surface area contributed by atoms with Crippen LogP contribution in [0.3, 0.4) is 0 Å². The average Bonchev–Trinajstić information content (AvgIpc) is 3.15. The van der Waals surface area contributed by atoms with Crippen molar-refractivity contribution < 1.29 is 19.0 Å². The molecule has 0 fully saturated rings. The van der Waals surface area contributed by atoms with E-state index in [0.29, 0.717) is 23.4 Å². The number of pyridine rings is 1. The van der Waals surface area contributed by atoms with Gasteiger partial charge < -0.3 is 14.7 Å². The fourth-order valence-electron chi connectivity index (χ4n) is 4.57. The van der Waals surface area contributed by atoms with E-state index in [-0.39, 0.29) is 46.4 Å². The molecule has 3 aromatic rings. The molecule has 3 heterocycles. The standard InChI is InChI=1S/C24H27ClFN5O4/c1-6-29-19(11-32)28-31(24(29)34)18-8-14-15(7-17(18)26)23(33)30(10-16(14)12(2)3)21-13(4)9-27-22(35-5)20(21)25/h7-9,12,16,32H,6,10-11H2,1-5H3/t16-/m0/s1. The SMILES string of the molecule is CCn1c(CO)nn(-c2cc3c(cc2F)C(=O)N(c2c(C)cnc(OC)c2Cl)C[C@H]3C(C)C)c1=O. The summed E-state index contributed by atoms with van der Waals surface area (Å²) in [7, 11) is 1.44. The summed E-state index contributed by atoms with van der Waals surface area (Å²) in [5.41, 5.74) is 1.33. The third-order valence-electron chi connectivity index (χ3n) is 6.41. The highest BCUT2D eigenvalue weighted by Gasteiger charge is 2.37. The predicted octanol–water partition coefficient (Wildman–Crippen LogP) is 3.45. The predicted molar refractivity (Wildman–Crippen MR) is 129 cm³/mol. The fourth-order valence-corrected chi connectivity index (χ4v) is 4.95. The van der Waals surface area contributed by atoms with Crippen molar-refractivity contribution in [3.8, 4) is 11.6 Å². The molecule has 9 nitrogen and oxygen atoms in total. The molecule has 1 N–H and O–H groups in total. The van der Waals surface area contributed by atoms with Crippen LogP contribution in [0.15, 0.2) is 23.1 Å². The first-order valence-electron chi connectivity index (χ1n) is 11.3. The molecule has 1 aromatic carbocycles. The summed E-state index contributed by atoms with van der Waals surface area (Å²) >= 11 is 6.54. The molecule has 0 bridgehead atoms. The molecule has 0 aliphatic carbocycles. The number of aromatic nitrogens is 4. The minimum absolute atomic E-state index is 0.0673. The van der Waals surface area contributed by atoms with Crippen molar-refractivity contribution in [1.82, 2.24) is 19.3 Å². The zero-order chi connectivity index (χ0) is 25.6. The molecule has 0 saturated carbocycles. The molecule has 1 atom stereocenters. The van der Waals surface area contributed by atoms with Gasteiger partial charge in [0, 0.05) is 30.8 Å². The number of fused-ring (bicyclic) bond motifs is 1. The number of halogens is 2. The molecule has 11 heteroatoms. The van der Waals surface area contributed by atoms with Crippen LogP contribution in [0.1, 0.15) is 54.0 Å². The summed E-state index contributed by atoms with van der Waals surface area (Å²) in [5.74, 6) is -0.971. The number of amides is 1. The lowest BCUT2D eigenvalue weighted by Crippen LogP contribution is -2.42. The van der Waals surface area contributed by atoms with Crippen LogP contribution >= 0.6 is 11.6 Å². The minimum atomic E-state index is -0.774. The van der Waals surface area contributed by atoms with Crippen molar-refractivity contribution in [3.05, 3.63) is 62.2 Å². The Morgan fingerprint density at radius 1 is 1.31 bits per heavy atom. The Labute approximate surface area is 206 Å². The molecule has 1 amide bonds. The molecule has 0 saturated heterocycles. The van der Waals surface area contributed by atoms with Gasteiger partial charge in [0.1, 0.15) is 23.1 Å². The van der Waals surface area contributed by atoms with Crippen LogP contribution in [0.5, 0.6) is 5.88 Å². The van der Waals surface area contributed by atoms with Crippen molar-refractivity contribution >= 4 is 23.2 Å². The van der Waals surface area contributed by atoms with Gasteiger partial charge >= 0.3 is 5.69 Å². The lowest BCUT2D eigenvalue weighted by atomic mass is 9.81. The van der Waals surface area contributed by atoms with Gasteiger partial charge in [0.05, 0.1) is 12.8 Å². The van der Waals surface area contributed by atoms with E-state index < -0.39 is 24.0 Å². The topological polar surface area (TPSA) is 102 Å². The van der Waals surface area contributed by atoms with Crippen LogP contribution in [0.4, 0.5) is 10.1 Å². The first-order valence-corrected chi connectivity index (χ1v) is 11.7. The molecule has 0 spiro atoms. The summed E-state index contributed by atoms with van der Waals surface area (Å²) in [6.07, 6.45) is 1.58. The molecule has 35 heavy (non-hydrogen) atoms. The van der Waals surface area contributed by atoms with Crippen LogP contribution in [0.25, 0.3) is 5.69 Å². The van der Waals surface area contributed by atoms with Crippen LogP contribution < -0.4 is 15.3 Å². The first-order chi connectivity index (χ1) is 16.6. The second kappa shape index (κ2) is 9.43. The number of aryl methyl sites for hydroxylation is 1. The number of rotatable bonds is 6. The van der Waals surface area contributed by atoms with Gasteiger partial charge in [0.15, 0.2) is 5.82 Å². The number of aliphatic hydroxyl groups excluding tert-OH is 1. The number of nitrogens with zero attached hydrogens (tertiary/aromatic N) is 5. The summed E-state index contributed by atoms with van der Waals surface area (Å²) in [4.78, 5) is 32.1. The van der Waals surface area contributed by atoms with Gasteiger partial charge in [-0.2, -0.15) is 4.68 Å². The number of anilines is 1. The second-order valence-corrected chi connectivity index (χ2v) is 9.16. The molecule has 4 rings (SSSR count). The van der Waals surface area contributed by atoms with Crippen molar-refractivity contribution in [3.63, 3.8) is 0 Å². The maximum Gasteiger partial charge on any atom is 0.350 e. The van der Waals surface area contributed by atoms with Crippen LogP contribution in [0, 0.1) is 18.7 Å². The fraction of sp³-hybridized carbons (Fsp3) is 0.417. The van der Waals surface area contributed by atoms with Crippen molar-refractivity contribution in [2.45, 2.75) is 46.8 Å². The number of methoxy groups -OCH3 is 1.